The van der Waals surface area contributed by atoms with Gasteiger partial charge in [0.2, 0.25) is 5.88 Å². The number of hydrogen-bond donors (Lipinski definition) is 1. The lowest BCUT2D eigenvalue weighted by molar-refractivity contribution is 0.0509. The predicted molar refractivity (Wildman–Crippen MR) is 55.0 cm³/mol. The van der Waals surface area contributed by atoms with Gasteiger partial charge in [0, 0.05) is 5.56 Å². The van der Waals surface area contributed by atoms with E-state index < -0.39 is 11.7 Å². The molecule has 0 atom stereocenters. The van der Waals surface area contributed by atoms with E-state index in [0.29, 0.717) is 11.3 Å². The van der Waals surface area contributed by atoms with Crippen LogP contribution in [0.15, 0.2) is 0 Å². The van der Waals surface area contributed by atoms with Crippen LogP contribution in [0.2, 0.25) is 0 Å². The number of hydrogen-bond acceptors (Lipinski definition) is 4. The largest absolute Gasteiger partial charge is 0.492 e. The number of nitrogens with zero attached hydrogens (tertiary/aromatic N) is 2. The maximum Gasteiger partial charge on any atom is 0.435 e. The van der Waals surface area contributed by atoms with Crippen LogP contribution < -0.4 is 0 Å². The third-order valence-corrected chi connectivity index (χ3v) is 1.96. The summed E-state index contributed by atoms with van der Waals surface area (Å²) in [6, 6.07) is 0. The Morgan fingerprint density at radius 2 is 1.93 bits per heavy atom. The van der Waals surface area contributed by atoms with Gasteiger partial charge >= 0.3 is 6.09 Å². The third-order valence-electron chi connectivity index (χ3n) is 1.96. The standard InChI is InChI=1S/C10H16N2O3/c1-6-7(2)12(11-8(6)13)9(14)15-10(3,4)5/h1-5H3,(H,11,13). The first kappa shape index (κ1) is 11.6. The van der Waals surface area contributed by atoms with Crippen LogP contribution in [0.5, 0.6) is 5.88 Å². The van der Waals surface area contributed by atoms with E-state index in [1.54, 1.807) is 34.6 Å². The second-order valence-corrected chi connectivity index (χ2v) is 4.43. The Morgan fingerprint density at radius 3 is 2.27 bits per heavy atom. The van der Waals surface area contributed by atoms with Crippen LogP contribution in [-0.4, -0.2) is 26.6 Å². The first-order chi connectivity index (χ1) is 6.72. The zero-order valence-corrected chi connectivity index (χ0v) is 9.66. The molecule has 0 amide bonds. The fourth-order valence-corrected chi connectivity index (χ4v) is 1.05. The van der Waals surface area contributed by atoms with Crippen LogP contribution in [0.25, 0.3) is 0 Å². The van der Waals surface area contributed by atoms with E-state index in [1.807, 2.05) is 0 Å². The second-order valence-electron chi connectivity index (χ2n) is 4.43. The molecule has 0 aliphatic carbocycles. The summed E-state index contributed by atoms with van der Waals surface area (Å²) in [5.41, 5.74) is 0.599. The zero-order chi connectivity index (χ0) is 11.8. The van der Waals surface area contributed by atoms with Crippen molar-refractivity contribution in [3.05, 3.63) is 11.3 Å². The van der Waals surface area contributed by atoms with E-state index in [1.165, 1.54) is 0 Å². The quantitative estimate of drug-likeness (QED) is 0.714. The van der Waals surface area contributed by atoms with Gasteiger partial charge in [-0.15, -0.1) is 5.10 Å². The monoisotopic (exact) mass is 212 g/mol. The molecule has 0 aliphatic rings. The molecule has 0 bridgehead atoms. The Labute approximate surface area is 88.7 Å². The van der Waals surface area contributed by atoms with Crippen LogP contribution >= 0.6 is 0 Å². The highest BCUT2D eigenvalue weighted by atomic mass is 16.6. The van der Waals surface area contributed by atoms with Gasteiger partial charge < -0.3 is 9.84 Å². The maximum atomic E-state index is 11.6. The minimum Gasteiger partial charge on any atom is -0.492 e. The summed E-state index contributed by atoms with van der Waals surface area (Å²) in [4.78, 5) is 11.6. The maximum absolute atomic E-state index is 11.6. The molecule has 0 aromatic carbocycles. The van der Waals surface area contributed by atoms with E-state index in [0.717, 1.165) is 4.68 Å². The molecule has 0 fully saturated rings. The van der Waals surface area contributed by atoms with Crippen molar-refractivity contribution in [2.75, 3.05) is 0 Å². The molecule has 0 saturated carbocycles. The van der Waals surface area contributed by atoms with Crippen molar-refractivity contribution >= 4 is 6.09 Å². The molecule has 1 rings (SSSR count). The normalized spacial score (nSPS) is 11.5. The molecule has 1 aromatic heterocycles. The fraction of sp³-hybridized carbons (Fsp3) is 0.600. The summed E-state index contributed by atoms with van der Waals surface area (Å²) in [5, 5.41) is 13.0. The minimum absolute atomic E-state index is 0.140. The first-order valence-electron chi connectivity index (χ1n) is 4.71. The van der Waals surface area contributed by atoms with Crippen molar-refractivity contribution in [1.29, 1.82) is 0 Å². The summed E-state index contributed by atoms with van der Waals surface area (Å²) in [6.07, 6.45) is -0.580. The molecular weight excluding hydrogens is 196 g/mol. The van der Waals surface area contributed by atoms with Crippen molar-refractivity contribution in [3.8, 4) is 5.88 Å². The van der Waals surface area contributed by atoms with Crippen LogP contribution in [0.3, 0.4) is 0 Å². The summed E-state index contributed by atoms with van der Waals surface area (Å²) < 4.78 is 6.19. The van der Waals surface area contributed by atoms with E-state index >= 15 is 0 Å². The van der Waals surface area contributed by atoms with E-state index in [2.05, 4.69) is 5.10 Å². The topological polar surface area (TPSA) is 64.4 Å². The molecule has 0 aliphatic heterocycles. The molecule has 5 heteroatoms. The van der Waals surface area contributed by atoms with Gasteiger partial charge in [-0.2, -0.15) is 4.68 Å². The van der Waals surface area contributed by atoms with Gasteiger partial charge in [-0.1, -0.05) is 0 Å². The zero-order valence-electron chi connectivity index (χ0n) is 9.66. The predicted octanol–water partition coefficient (Wildman–Crippen LogP) is 1.99. The van der Waals surface area contributed by atoms with Crippen LogP contribution in [0.4, 0.5) is 4.79 Å². The van der Waals surface area contributed by atoms with Crippen molar-refractivity contribution in [2.45, 2.75) is 40.2 Å². The summed E-state index contributed by atoms with van der Waals surface area (Å²) >= 11 is 0. The third kappa shape index (κ3) is 2.49. The van der Waals surface area contributed by atoms with Gasteiger partial charge in [-0.25, -0.2) is 4.79 Å². The summed E-state index contributed by atoms with van der Waals surface area (Å²) in [7, 11) is 0. The van der Waals surface area contributed by atoms with Crippen molar-refractivity contribution in [1.82, 2.24) is 9.78 Å². The van der Waals surface area contributed by atoms with Crippen molar-refractivity contribution < 1.29 is 14.6 Å². The molecule has 1 aromatic rings. The number of rotatable bonds is 0. The highest BCUT2D eigenvalue weighted by Crippen LogP contribution is 2.19. The molecule has 1 N–H and O–H groups in total. The smallest absolute Gasteiger partial charge is 0.435 e. The number of aromatic nitrogens is 2. The Morgan fingerprint density at radius 1 is 1.40 bits per heavy atom. The number of aromatic hydroxyl groups is 1. The molecule has 0 saturated heterocycles. The second kappa shape index (κ2) is 3.56. The fourth-order valence-electron chi connectivity index (χ4n) is 1.05. The highest BCUT2D eigenvalue weighted by Gasteiger charge is 2.21. The van der Waals surface area contributed by atoms with E-state index in [-0.39, 0.29) is 5.88 Å². The highest BCUT2D eigenvalue weighted by molar-refractivity contribution is 5.71. The molecule has 5 nitrogen and oxygen atoms in total. The van der Waals surface area contributed by atoms with Gasteiger partial charge in [0.05, 0.1) is 5.69 Å². The van der Waals surface area contributed by atoms with Crippen LogP contribution in [0.1, 0.15) is 32.0 Å². The Bertz CT molecular complexity index is 388. The number of carbonyl (C=O) groups is 1. The van der Waals surface area contributed by atoms with Gasteiger partial charge in [-0.3, -0.25) is 0 Å². The number of ether oxygens (including phenoxy) is 1. The lowest BCUT2D eigenvalue weighted by Crippen LogP contribution is -2.28. The average Bonchev–Trinajstić information content (AvgIpc) is 2.30. The Balaban J connectivity index is 2.98. The van der Waals surface area contributed by atoms with E-state index in [4.69, 9.17) is 4.74 Å². The molecule has 15 heavy (non-hydrogen) atoms. The van der Waals surface area contributed by atoms with Gasteiger partial charge in [0.15, 0.2) is 0 Å². The lowest BCUT2D eigenvalue weighted by atomic mass is 10.2. The molecule has 0 radical (unpaired) electrons. The molecule has 1 heterocycles. The minimum atomic E-state index is -0.580. The molecular formula is C10H16N2O3. The van der Waals surface area contributed by atoms with Gasteiger partial charge in [-0.05, 0) is 34.6 Å². The summed E-state index contributed by atoms with van der Waals surface area (Å²) in [5.74, 6) is -0.140. The van der Waals surface area contributed by atoms with Crippen LogP contribution in [0, 0.1) is 13.8 Å². The molecule has 0 unspecified atom stereocenters. The van der Waals surface area contributed by atoms with Crippen LogP contribution in [-0.2, 0) is 4.74 Å². The SMILES string of the molecule is Cc1c(O)nn(C(=O)OC(C)(C)C)c1C. The lowest BCUT2D eigenvalue weighted by Gasteiger charge is -2.19. The average molecular weight is 212 g/mol. The molecule has 84 valence electrons. The number of carbonyl (C=O) groups excluding carboxylic acids is 1. The van der Waals surface area contributed by atoms with E-state index in [9.17, 15) is 9.90 Å². The molecule has 0 spiro atoms. The first-order valence-corrected chi connectivity index (χ1v) is 4.71. The van der Waals surface area contributed by atoms with Crippen molar-refractivity contribution in [3.63, 3.8) is 0 Å². The van der Waals surface area contributed by atoms with Gasteiger partial charge in [0.1, 0.15) is 5.60 Å². The summed E-state index contributed by atoms with van der Waals surface area (Å²) in [6.45, 7) is 8.72. The Hall–Kier alpha value is -1.52. The van der Waals surface area contributed by atoms with Gasteiger partial charge in [0.25, 0.3) is 0 Å². The van der Waals surface area contributed by atoms with Crippen molar-refractivity contribution in [2.24, 2.45) is 0 Å². The Kier molecular flexibility index (Phi) is 2.75.